The zero-order chi connectivity index (χ0) is 30.5. The third kappa shape index (κ3) is 4.35. The van der Waals surface area contributed by atoms with E-state index in [4.69, 9.17) is 24.4 Å². The number of rotatable bonds is 5. The van der Waals surface area contributed by atoms with Crippen LogP contribution in [0.15, 0.2) is 156 Å². The lowest BCUT2D eigenvalue weighted by atomic mass is 10.1. The minimum Gasteiger partial charge on any atom is -0.435 e. The van der Waals surface area contributed by atoms with Crippen LogP contribution >= 0.6 is 0 Å². The van der Waals surface area contributed by atoms with Gasteiger partial charge in [0.1, 0.15) is 5.52 Å². The van der Waals surface area contributed by atoms with Crippen molar-refractivity contribution in [3.63, 3.8) is 0 Å². The molecule has 0 aliphatic carbocycles. The highest BCUT2D eigenvalue weighted by atomic mass is 16.3. The lowest BCUT2D eigenvalue weighted by Gasteiger charge is -2.10. The molecular weight excluding hydrogens is 566 g/mol. The summed E-state index contributed by atoms with van der Waals surface area (Å²) in [5.41, 5.74) is 8.24. The molecule has 0 aliphatic rings. The molecule has 46 heavy (non-hydrogen) atoms. The van der Waals surface area contributed by atoms with Crippen molar-refractivity contribution in [1.29, 1.82) is 0 Å². The van der Waals surface area contributed by atoms with Crippen molar-refractivity contribution in [2.75, 3.05) is 0 Å². The zero-order valence-corrected chi connectivity index (χ0v) is 24.6. The van der Waals surface area contributed by atoms with E-state index in [1.54, 1.807) is 0 Å². The Morgan fingerprint density at radius 1 is 0.435 bits per heavy atom. The third-order valence-corrected chi connectivity index (χ3v) is 8.29. The summed E-state index contributed by atoms with van der Waals surface area (Å²) < 4.78 is 8.67. The molecule has 0 bridgehead atoms. The predicted octanol–water partition coefficient (Wildman–Crippen LogP) is 9.78. The van der Waals surface area contributed by atoms with Gasteiger partial charge in [-0.05, 0) is 60.7 Å². The Labute approximate surface area is 264 Å². The molecule has 0 saturated carbocycles. The van der Waals surface area contributed by atoms with E-state index in [1.165, 1.54) is 5.39 Å². The monoisotopic (exact) mass is 591 g/mol. The smallest absolute Gasteiger partial charge is 0.227 e. The number of benzene rings is 6. The van der Waals surface area contributed by atoms with E-state index in [-0.39, 0.29) is 0 Å². The van der Waals surface area contributed by atoms with Gasteiger partial charge in [-0.3, -0.25) is 0 Å². The van der Waals surface area contributed by atoms with Crippen LogP contribution in [0.5, 0.6) is 0 Å². The van der Waals surface area contributed by atoms with E-state index in [0.717, 1.165) is 49.9 Å². The Bertz CT molecular complexity index is 2520. The quantitative estimate of drug-likeness (QED) is 0.199. The predicted molar refractivity (Wildman–Crippen MR) is 183 cm³/mol. The average molecular weight is 592 g/mol. The lowest BCUT2D eigenvalue weighted by molar-refractivity contribution is 0.620. The molecule has 3 aromatic heterocycles. The maximum absolute atomic E-state index is 6.37. The largest absolute Gasteiger partial charge is 0.435 e. The van der Waals surface area contributed by atoms with E-state index < -0.39 is 0 Å². The molecule has 0 atom stereocenters. The molecule has 0 unspecified atom stereocenters. The lowest BCUT2D eigenvalue weighted by Crippen LogP contribution is -2.00. The van der Waals surface area contributed by atoms with Gasteiger partial charge < -0.3 is 8.98 Å². The summed E-state index contributed by atoms with van der Waals surface area (Å²) in [6.07, 6.45) is 0. The second-order valence-corrected chi connectivity index (χ2v) is 11.1. The second kappa shape index (κ2) is 10.6. The Hall–Kier alpha value is -6.40. The van der Waals surface area contributed by atoms with Crippen LogP contribution in [-0.4, -0.2) is 24.5 Å². The summed E-state index contributed by atoms with van der Waals surface area (Å²) in [5.74, 6) is 2.26. The number of oxazole rings is 1. The van der Waals surface area contributed by atoms with Gasteiger partial charge in [0.15, 0.2) is 23.1 Å². The number of fused-ring (bicyclic) bond motifs is 4. The summed E-state index contributed by atoms with van der Waals surface area (Å²) in [4.78, 5) is 19.8. The van der Waals surface area contributed by atoms with Gasteiger partial charge in [-0.1, -0.05) is 91.0 Å². The zero-order valence-electron chi connectivity index (χ0n) is 24.6. The molecule has 9 aromatic rings. The number of nitrogens with zero attached hydrogens (tertiary/aromatic N) is 5. The van der Waals surface area contributed by atoms with Crippen LogP contribution in [-0.2, 0) is 0 Å². The number of aromatic nitrogens is 5. The van der Waals surface area contributed by atoms with E-state index in [0.29, 0.717) is 28.9 Å². The van der Waals surface area contributed by atoms with Crippen LogP contribution in [0.3, 0.4) is 0 Å². The molecule has 0 saturated heterocycles. The summed E-state index contributed by atoms with van der Waals surface area (Å²) in [5, 5.41) is 2.30. The molecule has 0 radical (unpaired) electrons. The van der Waals surface area contributed by atoms with Crippen LogP contribution in [0.2, 0.25) is 0 Å². The van der Waals surface area contributed by atoms with Gasteiger partial charge in [0.25, 0.3) is 0 Å². The Morgan fingerprint density at radius 3 is 1.85 bits per heavy atom. The van der Waals surface area contributed by atoms with Gasteiger partial charge in [-0.2, -0.15) is 0 Å². The van der Waals surface area contributed by atoms with Crippen molar-refractivity contribution in [3.05, 3.63) is 152 Å². The molecule has 9 rings (SSSR count). The van der Waals surface area contributed by atoms with Crippen LogP contribution in [0.25, 0.3) is 84.2 Å². The summed E-state index contributed by atoms with van der Waals surface area (Å²) in [7, 11) is 0. The van der Waals surface area contributed by atoms with Crippen molar-refractivity contribution in [1.82, 2.24) is 24.5 Å². The first kappa shape index (κ1) is 26.0. The Kier molecular flexibility index (Phi) is 6.03. The standard InChI is InChI=1S/C40H25N5O/c1-4-13-26(14-5-1)37-42-38(44-39(43-37)31-20-12-21-33-36(31)46-40(41-33)27-15-6-2-7-16-27)28-23-24-35-32(25-28)30-19-10-11-22-34(30)45(35)29-17-8-3-9-18-29/h1-25H. The minimum atomic E-state index is 0.525. The minimum absolute atomic E-state index is 0.525. The fourth-order valence-corrected chi connectivity index (χ4v) is 6.14. The average Bonchev–Trinajstić information content (AvgIpc) is 3.72. The molecule has 6 heteroatoms. The molecular formula is C40H25N5O. The van der Waals surface area contributed by atoms with E-state index in [9.17, 15) is 0 Å². The molecule has 0 aliphatic heterocycles. The first-order chi connectivity index (χ1) is 22.8. The topological polar surface area (TPSA) is 69.6 Å². The van der Waals surface area contributed by atoms with Crippen molar-refractivity contribution >= 4 is 32.9 Å². The number of hydrogen-bond donors (Lipinski definition) is 0. The SMILES string of the molecule is c1ccc(-c2nc(-c3ccc4c(c3)c3ccccc3n4-c3ccccc3)nc(-c3cccc4nc(-c5ccccc5)oc34)n2)cc1. The molecule has 6 nitrogen and oxygen atoms in total. The van der Waals surface area contributed by atoms with E-state index >= 15 is 0 Å². The summed E-state index contributed by atoms with van der Waals surface area (Å²) in [6, 6.07) is 51.2. The Morgan fingerprint density at radius 2 is 1.07 bits per heavy atom. The molecule has 3 heterocycles. The molecule has 0 spiro atoms. The van der Waals surface area contributed by atoms with Crippen molar-refractivity contribution in [3.8, 4) is 51.3 Å². The first-order valence-electron chi connectivity index (χ1n) is 15.2. The van der Waals surface area contributed by atoms with Crippen LogP contribution in [0.1, 0.15) is 0 Å². The normalized spacial score (nSPS) is 11.5. The van der Waals surface area contributed by atoms with Crippen LogP contribution in [0, 0.1) is 0 Å². The second-order valence-electron chi connectivity index (χ2n) is 11.1. The van der Waals surface area contributed by atoms with E-state index in [2.05, 4.69) is 71.3 Å². The molecule has 0 amide bonds. The van der Waals surface area contributed by atoms with Gasteiger partial charge in [0, 0.05) is 33.2 Å². The van der Waals surface area contributed by atoms with Crippen LogP contribution < -0.4 is 0 Å². The summed E-state index contributed by atoms with van der Waals surface area (Å²) in [6.45, 7) is 0. The van der Waals surface area contributed by atoms with Gasteiger partial charge in [0.2, 0.25) is 5.89 Å². The maximum Gasteiger partial charge on any atom is 0.227 e. The molecule has 0 N–H and O–H groups in total. The Balaban J connectivity index is 1.26. The maximum atomic E-state index is 6.37. The van der Waals surface area contributed by atoms with Gasteiger partial charge in [-0.15, -0.1) is 0 Å². The highest BCUT2D eigenvalue weighted by molar-refractivity contribution is 6.10. The van der Waals surface area contributed by atoms with Gasteiger partial charge in [-0.25, -0.2) is 19.9 Å². The highest BCUT2D eigenvalue weighted by Crippen LogP contribution is 2.36. The molecule has 216 valence electrons. The highest BCUT2D eigenvalue weighted by Gasteiger charge is 2.19. The fraction of sp³-hybridized carbons (Fsp3) is 0. The summed E-state index contributed by atoms with van der Waals surface area (Å²) >= 11 is 0. The fourth-order valence-electron chi connectivity index (χ4n) is 6.14. The molecule has 6 aromatic carbocycles. The first-order valence-corrected chi connectivity index (χ1v) is 15.2. The number of para-hydroxylation sites is 3. The van der Waals surface area contributed by atoms with Gasteiger partial charge in [0.05, 0.1) is 16.6 Å². The van der Waals surface area contributed by atoms with Crippen molar-refractivity contribution < 1.29 is 4.42 Å². The van der Waals surface area contributed by atoms with Crippen molar-refractivity contribution in [2.24, 2.45) is 0 Å². The van der Waals surface area contributed by atoms with E-state index in [1.807, 2.05) is 84.9 Å². The van der Waals surface area contributed by atoms with Crippen LogP contribution in [0.4, 0.5) is 0 Å². The van der Waals surface area contributed by atoms with Gasteiger partial charge >= 0.3 is 0 Å². The number of hydrogen-bond acceptors (Lipinski definition) is 5. The third-order valence-electron chi connectivity index (χ3n) is 8.29. The van der Waals surface area contributed by atoms with Crippen molar-refractivity contribution in [2.45, 2.75) is 0 Å². The molecule has 0 fully saturated rings.